The molecule has 1 fully saturated rings. The Labute approximate surface area is 135 Å². The molecule has 2 aromatic heterocycles. The summed E-state index contributed by atoms with van der Waals surface area (Å²) in [6, 6.07) is 3.73. The van der Waals surface area contributed by atoms with Crippen molar-refractivity contribution in [2.45, 2.75) is 31.5 Å². The van der Waals surface area contributed by atoms with Crippen LogP contribution in [0.25, 0.3) is 0 Å². The average molecular weight is 340 g/mol. The molecule has 1 N–H and O–H groups in total. The van der Waals surface area contributed by atoms with Gasteiger partial charge in [0.1, 0.15) is 11.3 Å². The van der Waals surface area contributed by atoms with E-state index in [1.54, 1.807) is 12.1 Å². The van der Waals surface area contributed by atoms with Gasteiger partial charge in [0.05, 0.1) is 17.9 Å². The van der Waals surface area contributed by atoms with Gasteiger partial charge in [-0.15, -0.1) is 0 Å². The molecule has 1 atom stereocenters. The third kappa shape index (κ3) is 3.08. The van der Waals surface area contributed by atoms with E-state index < -0.39 is 23.2 Å². The van der Waals surface area contributed by atoms with Crippen LogP contribution in [0.3, 0.4) is 0 Å². The maximum absolute atomic E-state index is 12.9. The summed E-state index contributed by atoms with van der Waals surface area (Å²) in [5.74, 6) is 0.0429. The molecule has 1 aliphatic heterocycles. The van der Waals surface area contributed by atoms with Crippen LogP contribution in [0.4, 0.5) is 13.2 Å². The van der Waals surface area contributed by atoms with E-state index in [2.05, 4.69) is 0 Å². The number of piperidine rings is 1. The van der Waals surface area contributed by atoms with Crippen LogP contribution in [0.15, 0.2) is 39.9 Å². The Hall–Kier alpha value is -2.51. The molecule has 0 aromatic carbocycles. The molecule has 24 heavy (non-hydrogen) atoms. The number of hydrogen-bond donors (Lipinski definition) is 1. The van der Waals surface area contributed by atoms with Crippen LogP contribution in [0.2, 0.25) is 0 Å². The van der Waals surface area contributed by atoms with Crippen molar-refractivity contribution in [2.24, 2.45) is 0 Å². The van der Waals surface area contributed by atoms with Crippen LogP contribution in [0, 0.1) is 0 Å². The van der Waals surface area contributed by atoms with Crippen molar-refractivity contribution in [1.82, 2.24) is 9.88 Å². The highest BCUT2D eigenvalue weighted by atomic mass is 19.4. The van der Waals surface area contributed by atoms with Crippen LogP contribution in [-0.4, -0.2) is 22.3 Å². The van der Waals surface area contributed by atoms with E-state index in [0.717, 1.165) is 19.0 Å². The number of aromatic amines is 1. The number of amides is 1. The van der Waals surface area contributed by atoms with Crippen molar-refractivity contribution in [1.29, 1.82) is 0 Å². The van der Waals surface area contributed by atoms with Gasteiger partial charge in [-0.2, -0.15) is 13.2 Å². The largest absolute Gasteiger partial charge is 0.467 e. The van der Waals surface area contributed by atoms with Gasteiger partial charge in [-0.3, -0.25) is 9.59 Å². The minimum Gasteiger partial charge on any atom is -0.467 e. The highest BCUT2D eigenvalue weighted by molar-refractivity contribution is 5.94. The molecule has 1 amide bonds. The fourth-order valence-electron chi connectivity index (χ4n) is 2.93. The predicted molar refractivity (Wildman–Crippen MR) is 78.4 cm³/mol. The molecular formula is C16H15F3N2O3. The van der Waals surface area contributed by atoms with Crippen molar-refractivity contribution in [3.8, 4) is 0 Å². The third-order valence-electron chi connectivity index (χ3n) is 4.09. The lowest BCUT2D eigenvalue weighted by Gasteiger charge is -2.34. The van der Waals surface area contributed by atoms with Crippen LogP contribution >= 0.6 is 0 Å². The van der Waals surface area contributed by atoms with Crippen molar-refractivity contribution in [3.63, 3.8) is 0 Å². The lowest BCUT2D eigenvalue weighted by atomic mass is 9.99. The summed E-state index contributed by atoms with van der Waals surface area (Å²) >= 11 is 0. The smallest absolute Gasteiger partial charge is 0.421 e. The first kappa shape index (κ1) is 16.4. The van der Waals surface area contributed by atoms with Gasteiger partial charge >= 0.3 is 6.18 Å². The zero-order valence-electron chi connectivity index (χ0n) is 12.6. The number of pyridine rings is 1. The second-order valence-electron chi connectivity index (χ2n) is 5.65. The molecule has 8 heteroatoms. The first-order valence-corrected chi connectivity index (χ1v) is 7.52. The number of carbonyl (C=O) groups is 1. The SMILES string of the molecule is O=C(c1c[nH]c(=O)c(C(F)(F)F)c1)N1CCCCC1c1ccco1. The van der Waals surface area contributed by atoms with E-state index in [-0.39, 0.29) is 11.6 Å². The van der Waals surface area contributed by atoms with E-state index >= 15 is 0 Å². The minimum absolute atomic E-state index is 0.194. The van der Waals surface area contributed by atoms with Crippen molar-refractivity contribution >= 4 is 5.91 Å². The topological polar surface area (TPSA) is 66.3 Å². The molecule has 3 heterocycles. The van der Waals surface area contributed by atoms with E-state index in [1.807, 2.05) is 4.98 Å². The van der Waals surface area contributed by atoms with Crippen molar-refractivity contribution in [3.05, 3.63) is 57.9 Å². The number of furan rings is 1. The Morgan fingerprint density at radius 3 is 2.79 bits per heavy atom. The maximum atomic E-state index is 12.9. The standard InChI is InChI=1S/C16H15F3N2O3/c17-16(18,19)11-8-10(9-20-14(11)22)15(23)21-6-2-1-4-12(21)13-5-3-7-24-13/h3,5,7-9,12H,1-2,4,6H2,(H,20,22). The maximum Gasteiger partial charge on any atom is 0.421 e. The van der Waals surface area contributed by atoms with Gasteiger partial charge in [0.15, 0.2) is 0 Å². The van der Waals surface area contributed by atoms with Gasteiger partial charge in [-0.25, -0.2) is 0 Å². The molecule has 3 rings (SSSR count). The molecule has 1 saturated heterocycles. The highest BCUT2D eigenvalue weighted by Gasteiger charge is 2.36. The summed E-state index contributed by atoms with van der Waals surface area (Å²) in [5, 5.41) is 0. The van der Waals surface area contributed by atoms with E-state index in [0.29, 0.717) is 24.8 Å². The Kier molecular flexibility index (Phi) is 4.21. The summed E-state index contributed by atoms with van der Waals surface area (Å²) < 4.78 is 44.0. The average Bonchev–Trinajstić information content (AvgIpc) is 3.08. The van der Waals surface area contributed by atoms with E-state index in [1.165, 1.54) is 11.2 Å². The summed E-state index contributed by atoms with van der Waals surface area (Å²) in [4.78, 5) is 27.5. The number of halogens is 3. The van der Waals surface area contributed by atoms with E-state index in [4.69, 9.17) is 4.42 Å². The van der Waals surface area contributed by atoms with Crippen LogP contribution in [-0.2, 0) is 6.18 Å². The molecule has 128 valence electrons. The zero-order chi connectivity index (χ0) is 17.3. The number of alkyl halides is 3. The lowest BCUT2D eigenvalue weighted by molar-refractivity contribution is -0.138. The Morgan fingerprint density at radius 1 is 1.33 bits per heavy atom. The second-order valence-corrected chi connectivity index (χ2v) is 5.65. The number of hydrogen-bond acceptors (Lipinski definition) is 3. The molecule has 0 aliphatic carbocycles. The van der Waals surface area contributed by atoms with Gasteiger partial charge in [-0.05, 0) is 37.5 Å². The molecule has 1 aliphatic rings. The monoisotopic (exact) mass is 340 g/mol. The second kappa shape index (κ2) is 6.18. The third-order valence-corrected chi connectivity index (χ3v) is 4.09. The number of rotatable bonds is 2. The van der Waals surface area contributed by atoms with Crippen LogP contribution in [0.1, 0.15) is 47.0 Å². The number of carbonyl (C=O) groups excluding carboxylic acids is 1. The summed E-state index contributed by atoms with van der Waals surface area (Å²) in [6.07, 6.45) is 0.0377. The molecule has 2 aromatic rings. The quantitative estimate of drug-likeness (QED) is 0.912. The number of aromatic nitrogens is 1. The summed E-state index contributed by atoms with van der Waals surface area (Å²) in [5.41, 5.74) is -2.83. The van der Waals surface area contributed by atoms with Crippen LogP contribution < -0.4 is 5.56 Å². The van der Waals surface area contributed by atoms with Gasteiger partial charge in [0, 0.05) is 12.7 Å². The fraction of sp³-hybridized carbons (Fsp3) is 0.375. The van der Waals surface area contributed by atoms with Gasteiger partial charge in [-0.1, -0.05) is 0 Å². The van der Waals surface area contributed by atoms with Crippen molar-refractivity contribution in [2.75, 3.05) is 6.54 Å². The molecule has 0 spiro atoms. The summed E-state index contributed by atoms with van der Waals surface area (Å²) in [7, 11) is 0. The van der Waals surface area contributed by atoms with Gasteiger partial charge < -0.3 is 14.3 Å². The summed E-state index contributed by atoms with van der Waals surface area (Å²) in [6.45, 7) is 0.421. The molecule has 5 nitrogen and oxygen atoms in total. The zero-order valence-corrected chi connectivity index (χ0v) is 12.6. The van der Waals surface area contributed by atoms with Gasteiger partial charge in [0.2, 0.25) is 0 Å². The minimum atomic E-state index is -4.81. The molecule has 0 bridgehead atoms. The Morgan fingerprint density at radius 2 is 2.12 bits per heavy atom. The molecule has 0 radical (unpaired) electrons. The van der Waals surface area contributed by atoms with Crippen molar-refractivity contribution < 1.29 is 22.4 Å². The van der Waals surface area contributed by atoms with E-state index in [9.17, 15) is 22.8 Å². The fourth-order valence-corrected chi connectivity index (χ4v) is 2.93. The number of nitrogens with one attached hydrogen (secondary N) is 1. The molecule has 0 saturated carbocycles. The highest BCUT2D eigenvalue weighted by Crippen LogP contribution is 2.33. The number of likely N-dealkylation sites (tertiary alicyclic amines) is 1. The Bertz CT molecular complexity index is 781. The Balaban J connectivity index is 1.94. The van der Waals surface area contributed by atoms with Gasteiger partial charge in [0.25, 0.3) is 11.5 Å². The number of nitrogens with zero attached hydrogens (tertiary/aromatic N) is 1. The van der Waals surface area contributed by atoms with Crippen LogP contribution in [0.5, 0.6) is 0 Å². The lowest BCUT2D eigenvalue weighted by Crippen LogP contribution is -2.39. The first-order valence-electron chi connectivity index (χ1n) is 7.52. The molecule has 1 unspecified atom stereocenters. The molecular weight excluding hydrogens is 325 g/mol. The first-order chi connectivity index (χ1) is 11.4. The predicted octanol–water partition coefficient (Wildman–Crippen LogP) is 3.35. The normalized spacial score (nSPS) is 18.6. The number of H-pyrrole nitrogens is 1.